The molecule has 4 nitrogen and oxygen atoms in total. The van der Waals surface area contributed by atoms with Crippen LogP contribution in [0.2, 0.25) is 0 Å². The van der Waals surface area contributed by atoms with Gasteiger partial charge in [0.05, 0.1) is 12.0 Å². The molecule has 0 atom stereocenters. The number of carbonyl (C=O) groups excluding carboxylic acids is 1. The molecule has 1 aromatic carbocycles. The zero-order valence-electron chi connectivity index (χ0n) is 21.0. The number of rotatable bonds is 14. The van der Waals surface area contributed by atoms with Gasteiger partial charge in [0.25, 0.3) is 0 Å². The number of nitrogens with one attached hydrogen (secondary N) is 1. The Morgan fingerprint density at radius 3 is 2.03 bits per heavy atom. The van der Waals surface area contributed by atoms with E-state index < -0.39 is 5.41 Å². The third kappa shape index (κ3) is 5.42. The summed E-state index contributed by atoms with van der Waals surface area (Å²) < 4.78 is 6.23. The predicted octanol–water partition coefficient (Wildman–Crippen LogP) is 6.24. The van der Waals surface area contributed by atoms with Gasteiger partial charge in [0.15, 0.2) is 5.78 Å². The van der Waals surface area contributed by atoms with Crippen molar-refractivity contribution in [1.29, 1.82) is 5.41 Å². The first-order valence-corrected chi connectivity index (χ1v) is 14.0. The van der Waals surface area contributed by atoms with Crippen LogP contribution >= 0.6 is 0 Å². The van der Waals surface area contributed by atoms with Gasteiger partial charge in [0, 0.05) is 13.0 Å². The molecule has 0 aromatic heterocycles. The fourth-order valence-electron chi connectivity index (χ4n) is 7.82. The molecule has 0 radical (unpaired) electrons. The van der Waals surface area contributed by atoms with Crippen LogP contribution in [-0.2, 0) is 22.4 Å². The minimum absolute atomic E-state index is 0.0447. The maximum absolute atomic E-state index is 12.5. The average Bonchev–Trinajstić information content (AvgIpc) is 3.61. The van der Waals surface area contributed by atoms with Crippen LogP contribution in [0, 0.1) is 34.0 Å². The van der Waals surface area contributed by atoms with Crippen LogP contribution < -0.4 is 5.73 Å². The van der Waals surface area contributed by atoms with Gasteiger partial charge < -0.3 is 10.5 Å². The summed E-state index contributed by atoms with van der Waals surface area (Å²) in [6.45, 7) is 1.99. The molecule has 3 N–H and O–H groups in total. The fraction of sp³-hybridized carbons (Fsp3) is 0.733. The van der Waals surface area contributed by atoms with Crippen molar-refractivity contribution >= 4 is 11.6 Å². The Hall–Kier alpha value is -1.68. The van der Waals surface area contributed by atoms with Crippen molar-refractivity contribution in [3.8, 4) is 0 Å². The first-order chi connectivity index (χ1) is 16.5. The number of Topliss-reactive ketones (excluding diaryl/α,β-unsaturated/α-hetero) is 1. The summed E-state index contributed by atoms with van der Waals surface area (Å²) in [4.78, 5) is 12.5. The monoisotopic (exact) mass is 464 g/mol. The Kier molecular flexibility index (Phi) is 7.16. The molecule has 5 aliphatic carbocycles. The van der Waals surface area contributed by atoms with E-state index in [1.165, 1.54) is 76.2 Å². The van der Waals surface area contributed by atoms with Gasteiger partial charge in [-0.3, -0.25) is 10.2 Å². The molecule has 4 heteroatoms. The highest BCUT2D eigenvalue weighted by molar-refractivity contribution is 6.09. The van der Waals surface area contributed by atoms with Crippen molar-refractivity contribution in [3.63, 3.8) is 0 Å². The van der Waals surface area contributed by atoms with E-state index >= 15 is 0 Å². The molecular weight excluding hydrogens is 420 g/mol. The van der Waals surface area contributed by atoms with E-state index in [4.69, 9.17) is 15.9 Å². The topological polar surface area (TPSA) is 76.2 Å². The number of benzene rings is 1. The number of nitrogens with two attached hydrogens (primary N) is 1. The van der Waals surface area contributed by atoms with Crippen molar-refractivity contribution < 1.29 is 9.53 Å². The molecule has 34 heavy (non-hydrogen) atoms. The molecule has 0 aliphatic heterocycles. The van der Waals surface area contributed by atoms with Crippen LogP contribution in [0.4, 0.5) is 0 Å². The molecule has 0 unspecified atom stereocenters. The van der Waals surface area contributed by atoms with Crippen molar-refractivity contribution in [2.45, 2.75) is 96.3 Å². The summed E-state index contributed by atoms with van der Waals surface area (Å²) in [6.07, 6.45) is 18.2. The summed E-state index contributed by atoms with van der Waals surface area (Å²) in [7, 11) is 0. The molecule has 1 aromatic rings. The zero-order valence-corrected chi connectivity index (χ0v) is 21.0. The van der Waals surface area contributed by atoms with Crippen LogP contribution in [-0.4, -0.2) is 24.8 Å². The van der Waals surface area contributed by atoms with E-state index in [0.29, 0.717) is 11.8 Å². The highest BCUT2D eigenvalue weighted by Gasteiger charge is 2.52. The molecule has 0 saturated heterocycles. The Balaban J connectivity index is 0.911. The van der Waals surface area contributed by atoms with Gasteiger partial charge in [0.1, 0.15) is 5.84 Å². The Morgan fingerprint density at radius 1 is 0.882 bits per heavy atom. The van der Waals surface area contributed by atoms with Gasteiger partial charge in [0.2, 0.25) is 0 Å². The Labute approximate surface area is 205 Å². The zero-order chi connectivity index (χ0) is 23.6. The van der Waals surface area contributed by atoms with E-state index in [1.54, 1.807) is 0 Å². The second kappa shape index (κ2) is 10.1. The maximum Gasteiger partial charge on any atom is 0.150 e. The quantitative estimate of drug-likeness (QED) is 0.194. The average molecular weight is 465 g/mol. The minimum atomic E-state index is -0.640. The second-order valence-corrected chi connectivity index (χ2v) is 12.4. The van der Waals surface area contributed by atoms with Crippen molar-refractivity contribution in [3.05, 3.63) is 35.4 Å². The van der Waals surface area contributed by atoms with Crippen molar-refractivity contribution in [2.75, 3.05) is 13.2 Å². The lowest BCUT2D eigenvalue weighted by Gasteiger charge is -2.56. The fourth-order valence-corrected chi connectivity index (χ4v) is 7.82. The molecule has 5 saturated carbocycles. The van der Waals surface area contributed by atoms with E-state index in [0.717, 1.165) is 55.8 Å². The van der Waals surface area contributed by atoms with Gasteiger partial charge >= 0.3 is 0 Å². The first kappa shape index (κ1) is 24.0. The first-order valence-electron chi connectivity index (χ1n) is 14.0. The smallest absolute Gasteiger partial charge is 0.150 e. The predicted molar refractivity (Wildman–Crippen MR) is 137 cm³/mol. The number of unbranched alkanes of at least 4 members (excludes halogenated alkanes) is 4. The summed E-state index contributed by atoms with van der Waals surface area (Å²) in [6, 6.07) is 8.47. The van der Waals surface area contributed by atoms with Crippen LogP contribution in [0.3, 0.4) is 0 Å². The maximum atomic E-state index is 12.5. The number of amidine groups is 1. The molecule has 5 aliphatic rings. The normalized spacial score (nSPS) is 30.4. The lowest BCUT2D eigenvalue weighted by Crippen LogP contribution is -2.48. The minimum Gasteiger partial charge on any atom is -0.387 e. The van der Waals surface area contributed by atoms with Crippen LogP contribution in [0.1, 0.15) is 94.6 Å². The van der Waals surface area contributed by atoms with E-state index in [1.807, 2.05) is 0 Å². The number of ketones is 1. The summed E-state index contributed by atoms with van der Waals surface area (Å²) >= 11 is 0. The molecular formula is C30H44N2O2. The molecule has 6 rings (SSSR count). The molecule has 4 bridgehead atoms. The number of aryl methyl sites for hydroxylation is 1. The lowest BCUT2D eigenvalue weighted by atomic mass is 9.50. The van der Waals surface area contributed by atoms with E-state index in [9.17, 15) is 4.79 Å². The summed E-state index contributed by atoms with van der Waals surface area (Å²) in [5.74, 6) is 3.22. The third-order valence-corrected chi connectivity index (χ3v) is 9.51. The Bertz CT molecular complexity index is 835. The van der Waals surface area contributed by atoms with Gasteiger partial charge in [-0.25, -0.2) is 0 Å². The molecule has 186 valence electrons. The standard InChI is InChI=1S/C30H44N2O2/c31-28(32)30(11-12-30)27(33)17-23-9-7-22(8-10-23)6-4-2-1-3-5-13-34-21-29-18-24-14-25(19-29)16-26(15-24)20-29/h7-10,24-26H,1-6,11-21H2,(H3,31,32). The van der Waals surface area contributed by atoms with Crippen LogP contribution in [0.5, 0.6) is 0 Å². The van der Waals surface area contributed by atoms with Gasteiger partial charge in [-0.15, -0.1) is 0 Å². The number of hydrogen-bond donors (Lipinski definition) is 2. The second-order valence-electron chi connectivity index (χ2n) is 12.4. The van der Waals surface area contributed by atoms with Gasteiger partial charge in [-0.05, 0) is 105 Å². The molecule has 5 fully saturated rings. The van der Waals surface area contributed by atoms with Crippen LogP contribution in [0.15, 0.2) is 24.3 Å². The summed E-state index contributed by atoms with van der Waals surface area (Å²) in [5.41, 5.74) is 7.94. The molecule has 0 amide bonds. The van der Waals surface area contributed by atoms with E-state index in [2.05, 4.69) is 24.3 Å². The molecule has 0 spiro atoms. The van der Waals surface area contributed by atoms with Crippen molar-refractivity contribution in [2.24, 2.45) is 34.3 Å². The van der Waals surface area contributed by atoms with E-state index in [-0.39, 0.29) is 11.6 Å². The Morgan fingerprint density at radius 2 is 1.44 bits per heavy atom. The third-order valence-electron chi connectivity index (χ3n) is 9.51. The van der Waals surface area contributed by atoms with Crippen molar-refractivity contribution in [1.82, 2.24) is 0 Å². The largest absolute Gasteiger partial charge is 0.387 e. The highest BCUT2D eigenvalue weighted by Crippen LogP contribution is 2.60. The highest BCUT2D eigenvalue weighted by atomic mass is 16.5. The van der Waals surface area contributed by atoms with Crippen LogP contribution in [0.25, 0.3) is 0 Å². The lowest BCUT2D eigenvalue weighted by molar-refractivity contribution is -0.121. The van der Waals surface area contributed by atoms with Gasteiger partial charge in [-0.1, -0.05) is 43.5 Å². The SMILES string of the molecule is N=C(N)C1(C(=O)Cc2ccc(CCCCCCCOCC34CC5CC(CC(C5)C3)C4)cc2)CC1. The van der Waals surface area contributed by atoms with Gasteiger partial charge in [-0.2, -0.15) is 0 Å². The summed E-state index contributed by atoms with van der Waals surface area (Å²) in [5, 5.41) is 7.67. The number of hydrogen-bond acceptors (Lipinski definition) is 3. The number of carbonyl (C=O) groups is 1. The molecule has 0 heterocycles. The number of ether oxygens (including phenoxy) is 1.